The predicted molar refractivity (Wildman–Crippen MR) is 73.2 cm³/mol. The Morgan fingerprint density at radius 2 is 2.10 bits per heavy atom. The van der Waals surface area contributed by atoms with Crippen LogP contribution < -0.4 is 0 Å². The number of hydrogen-bond donors (Lipinski definition) is 0. The summed E-state index contributed by atoms with van der Waals surface area (Å²) in [5.74, 6) is 0.726. The first kappa shape index (κ1) is 12.4. The molecule has 0 aromatic carbocycles. The van der Waals surface area contributed by atoms with Crippen molar-refractivity contribution in [2.75, 3.05) is 0 Å². The highest BCUT2D eigenvalue weighted by molar-refractivity contribution is 9.10. The second kappa shape index (κ2) is 5.19. The Kier molecular flexibility index (Phi) is 3.23. The summed E-state index contributed by atoms with van der Waals surface area (Å²) >= 11 is 3.34. The van der Waals surface area contributed by atoms with E-state index in [1.165, 1.54) is 6.20 Å². The summed E-state index contributed by atoms with van der Waals surface area (Å²) in [6.45, 7) is 0. The highest BCUT2D eigenvalue weighted by Crippen LogP contribution is 2.22. The molecule has 0 aliphatic heterocycles. The Morgan fingerprint density at radius 3 is 2.80 bits per heavy atom. The second-order valence-electron chi connectivity index (χ2n) is 3.86. The minimum Gasteiger partial charge on any atom is -0.332 e. The second-order valence-corrected chi connectivity index (χ2v) is 4.77. The zero-order valence-electron chi connectivity index (χ0n) is 9.99. The number of hydrogen-bond acceptors (Lipinski definition) is 6. The van der Waals surface area contributed by atoms with Crippen molar-refractivity contribution in [2.45, 2.75) is 0 Å². The van der Waals surface area contributed by atoms with Gasteiger partial charge in [0.2, 0.25) is 5.82 Å². The van der Waals surface area contributed by atoms with Crippen LogP contribution in [0.25, 0.3) is 23.0 Å². The van der Waals surface area contributed by atoms with Gasteiger partial charge < -0.3 is 4.52 Å². The number of nitrogens with zero attached hydrogens (tertiary/aromatic N) is 5. The quantitative estimate of drug-likeness (QED) is 0.719. The number of halogens is 1. The number of aromatic nitrogens is 4. The van der Waals surface area contributed by atoms with Crippen LogP contribution in [-0.4, -0.2) is 20.1 Å². The Bertz CT molecular complexity index is 791. The fourth-order valence-corrected chi connectivity index (χ4v) is 1.93. The molecule has 0 bridgehead atoms. The third kappa shape index (κ3) is 2.41. The lowest BCUT2D eigenvalue weighted by atomic mass is 10.2. The average Bonchev–Trinajstić information content (AvgIpc) is 2.97. The molecule has 0 radical (unpaired) electrons. The third-order valence-corrected chi connectivity index (χ3v) is 2.93. The fraction of sp³-hybridized carbons (Fsp3) is 0. The normalized spacial score (nSPS) is 10.2. The van der Waals surface area contributed by atoms with E-state index < -0.39 is 0 Å². The zero-order valence-corrected chi connectivity index (χ0v) is 11.6. The first-order valence-electron chi connectivity index (χ1n) is 5.57. The van der Waals surface area contributed by atoms with Crippen LogP contribution >= 0.6 is 15.9 Å². The molecule has 0 spiro atoms. The van der Waals surface area contributed by atoms with E-state index in [0.29, 0.717) is 23.0 Å². The molecule has 0 amide bonds. The lowest BCUT2D eigenvalue weighted by Gasteiger charge is -1.94. The number of nitriles is 1. The molecule has 0 atom stereocenters. The van der Waals surface area contributed by atoms with E-state index in [0.717, 1.165) is 10.0 Å². The van der Waals surface area contributed by atoms with Crippen molar-refractivity contribution in [1.29, 1.82) is 5.26 Å². The molecule has 0 aliphatic carbocycles. The molecular formula is C13H6BrN5O. The van der Waals surface area contributed by atoms with Crippen molar-refractivity contribution in [2.24, 2.45) is 0 Å². The molecule has 3 heterocycles. The number of rotatable bonds is 2. The molecule has 0 fully saturated rings. The molecule has 3 rings (SSSR count). The van der Waals surface area contributed by atoms with E-state index in [4.69, 9.17) is 9.78 Å². The van der Waals surface area contributed by atoms with Crippen molar-refractivity contribution in [3.05, 3.63) is 46.8 Å². The smallest absolute Gasteiger partial charge is 0.276 e. The van der Waals surface area contributed by atoms with Crippen LogP contribution in [0.5, 0.6) is 0 Å². The maximum absolute atomic E-state index is 8.73. The molecule has 20 heavy (non-hydrogen) atoms. The summed E-state index contributed by atoms with van der Waals surface area (Å²) in [5, 5.41) is 12.6. The van der Waals surface area contributed by atoms with Crippen molar-refractivity contribution >= 4 is 15.9 Å². The van der Waals surface area contributed by atoms with E-state index in [9.17, 15) is 0 Å². The molecule has 0 aliphatic rings. The Balaban J connectivity index is 1.95. The SMILES string of the molecule is N#Cc1ccc(-c2nc(-c3cncc(Br)c3)no2)nc1. The summed E-state index contributed by atoms with van der Waals surface area (Å²) in [5.41, 5.74) is 1.73. The van der Waals surface area contributed by atoms with E-state index in [1.54, 1.807) is 24.5 Å². The molecule has 0 N–H and O–H groups in total. The molecule has 0 saturated carbocycles. The van der Waals surface area contributed by atoms with Crippen LogP contribution in [-0.2, 0) is 0 Å². The zero-order chi connectivity index (χ0) is 13.9. The molecule has 0 saturated heterocycles. The summed E-state index contributed by atoms with van der Waals surface area (Å²) in [6, 6.07) is 7.15. The summed E-state index contributed by atoms with van der Waals surface area (Å²) in [6.07, 6.45) is 4.78. The van der Waals surface area contributed by atoms with Gasteiger partial charge in [-0.2, -0.15) is 10.2 Å². The minimum atomic E-state index is 0.296. The van der Waals surface area contributed by atoms with Gasteiger partial charge in [0.05, 0.1) is 5.56 Å². The molecule has 6 nitrogen and oxygen atoms in total. The third-order valence-electron chi connectivity index (χ3n) is 2.50. The van der Waals surface area contributed by atoms with Gasteiger partial charge in [0, 0.05) is 28.6 Å². The van der Waals surface area contributed by atoms with Gasteiger partial charge in [0.15, 0.2) is 0 Å². The monoisotopic (exact) mass is 327 g/mol. The Morgan fingerprint density at radius 1 is 1.20 bits per heavy atom. The average molecular weight is 328 g/mol. The fourth-order valence-electron chi connectivity index (χ4n) is 1.57. The largest absolute Gasteiger partial charge is 0.332 e. The Labute approximate surface area is 122 Å². The molecule has 0 unspecified atom stereocenters. The van der Waals surface area contributed by atoms with Crippen molar-refractivity contribution in [3.63, 3.8) is 0 Å². The number of pyridine rings is 2. The molecule has 96 valence electrons. The van der Waals surface area contributed by atoms with Crippen LogP contribution in [0.15, 0.2) is 45.8 Å². The van der Waals surface area contributed by atoms with Gasteiger partial charge in [-0.25, -0.2) is 4.98 Å². The summed E-state index contributed by atoms with van der Waals surface area (Å²) in [4.78, 5) is 12.4. The van der Waals surface area contributed by atoms with Crippen molar-refractivity contribution in [1.82, 2.24) is 20.1 Å². The lowest BCUT2D eigenvalue weighted by Crippen LogP contribution is -1.86. The standard InChI is InChI=1S/C13H6BrN5O/c14-10-3-9(6-16-7-10)12-18-13(20-19-12)11-2-1-8(4-15)5-17-11/h1-3,5-7H. The molecular weight excluding hydrogens is 322 g/mol. The first-order chi connectivity index (χ1) is 9.76. The van der Waals surface area contributed by atoms with Gasteiger partial charge in [-0.05, 0) is 34.1 Å². The van der Waals surface area contributed by atoms with Crippen LogP contribution in [0, 0.1) is 11.3 Å². The minimum absolute atomic E-state index is 0.296. The topological polar surface area (TPSA) is 88.5 Å². The van der Waals surface area contributed by atoms with E-state index >= 15 is 0 Å². The predicted octanol–water partition coefficient (Wildman–Crippen LogP) is 2.83. The van der Waals surface area contributed by atoms with Gasteiger partial charge in [-0.1, -0.05) is 5.16 Å². The van der Waals surface area contributed by atoms with Crippen LogP contribution in [0.1, 0.15) is 5.56 Å². The molecule has 3 aromatic rings. The maximum Gasteiger partial charge on any atom is 0.276 e. The van der Waals surface area contributed by atoms with E-state index in [2.05, 4.69) is 36.0 Å². The highest BCUT2D eigenvalue weighted by atomic mass is 79.9. The van der Waals surface area contributed by atoms with Gasteiger partial charge in [-0.3, -0.25) is 4.98 Å². The van der Waals surface area contributed by atoms with E-state index in [-0.39, 0.29) is 0 Å². The van der Waals surface area contributed by atoms with E-state index in [1.807, 2.05) is 12.1 Å². The first-order valence-corrected chi connectivity index (χ1v) is 6.37. The van der Waals surface area contributed by atoms with Crippen molar-refractivity contribution < 1.29 is 4.52 Å². The van der Waals surface area contributed by atoms with Gasteiger partial charge in [-0.15, -0.1) is 0 Å². The van der Waals surface area contributed by atoms with Gasteiger partial charge in [0.1, 0.15) is 11.8 Å². The van der Waals surface area contributed by atoms with Gasteiger partial charge in [0.25, 0.3) is 5.89 Å². The maximum atomic E-state index is 8.73. The van der Waals surface area contributed by atoms with Crippen molar-refractivity contribution in [3.8, 4) is 29.0 Å². The molecule has 3 aromatic heterocycles. The summed E-state index contributed by atoms with van der Waals surface area (Å²) in [7, 11) is 0. The molecule has 7 heteroatoms. The highest BCUT2D eigenvalue weighted by Gasteiger charge is 2.12. The van der Waals surface area contributed by atoms with Crippen LogP contribution in [0.4, 0.5) is 0 Å². The van der Waals surface area contributed by atoms with Crippen LogP contribution in [0.2, 0.25) is 0 Å². The Hall–Kier alpha value is -2.59. The van der Waals surface area contributed by atoms with Crippen LogP contribution in [0.3, 0.4) is 0 Å². The summed E-state index contributed by atoms with van der Waals surface area (Å²) < 4.78 is 6.00. The van der Waals surface area contributed by atoms with Gasteiger partial charge >= 0.3 is 0 Å². The lowest BCUT2D eigenvalue weighted by molar-refractivity contribution is 0.431.